The molecular weight excluding hydrogens is 261 g/mol. The van der Waals surface area contributed by atoms with Gasteiger partial charge in [-0.15, -0.1) is 0 Å². The van der Waals surface area contributed by atoms with Gasteiger partial charge in [-0.25, -0.2) is 14.2 Å². The van der Waals surface area contributed by atoms with Crippen molar-refractivity contribution in [1.82, 2.24) is 9.97 Å². The first kappa shape index (κ1) is 12.2. The first-order valence-electron chi connectivity index (χ1n) is 5.88. The fourth-order valence-corrected chi connectivity index (χ4v) is 2.03. The summed E-state index contributed by atoms with van der Waals surface area (Å²) in [4.78, 5) is 17.5. The van der Waals surface area contributed by atoms with E-state index in [0.29, 0.717) is 22.2 Å². The molecule has 0 aliphatic rings. The Labute approximate surface area is 113 Å². The summed E-state index contributed by atoms with van der Waals surface area (Å²) < 4.78 is 13.7. The van der Waals surface area contributed by atoms with Crippen LogP contribution in [0.25, 0.3) is 22.2 Å². The summed E-state index contributed by atoms with van der Waals surface area (Å²) in [5.74, 6) is -0.173. The Morgan fingerprint density at radius 1 is 1.25 bits per heavy atom. The third-order valence-corrected chi connectivity index (χ3v) is 2.89. The molecule has 0 aliphatic carbocycles. The summed E-state index contributed by atoms with van der Waals surface area (Å²) in [7, 11) is 0. The van der Waals surface area contributed by atoms with Crippen molar-refractivity contribution in [2.75, 3.05) is 5.32 Å². The number of rotatable bonds is 2. The monoisotopic (exact) mass is 271 g/mol. The summed E-state index contributed by atoms with van der Waals surface area (Å²) in [5.41, 5.74) is 2.42. The smallest absolute Gasteiger partial charge is 0.411 e. The van der Waals surface area contributed by atoms with Crippen LogP contribution in [0.5, 0.6) is 0 Å². The van der Waals surface area contributed by atoms with Crippen molar-refractivity contribution >= 4 is 23.1 Å². The number of hydrogen-bond acceptors (Lipinski definition) is 2. The fraction of sp³-hybridized carbons (Fsp3) is 0. The highest BCUT2D eigenvalue weighted by atomic mass is 19.1. The maximum absolute atomic E-state index is 13.7. The third kappa shape index (κ3) is 2.18. The number of amides is 1. The summed E-state index contributed by atoms with van der Waals surface area (Å²) in [5, 5.41) is 10.8. The lowest BCUT2D eigenvalue weighted by Crippen LogP contribution is -2.08. The van der Waals surface area contributed by atoms with Gasteiger partial charge in [-0.2, -0.15) is 0 Å². The van der Waals surface area contributed by atoms with Gasteiger partial charge in [-0.05, 0) is 23.8 Å². The predicted molar refractivity (Wildman–Crippen MR) is 73.1 cm³/mol. The van der Waals surface area contributed by atoms with Crippen molar-refractivity contribution in [3.8, 4) is 11.1 Å². The van der Waals surface area contributed by atoms with Gasteiger partial charge >= 0.3 is 6.09 Å². The van der Waals surface area contributed by atoms with Gasteiger partial charge in [-0.1, -0.05) is 24.3 Å². The minimum Gasteiger partial charge on any atom is -0.465 e. The van der Waals surface area contributed by atoms with E-state index in [4.69, 9.17) is 5.11 Å². The Bertz CT molecular complexity index is 798. The van der Waals surface area contributed by atoms with Gasteiger partial charge in [0.05, 0.1) is 11.0 Å². The number of fused-ring (bicyclic) bond motifs is 1. The Morgan fingerprint density at radius 3 is 2.80 bits per heavy atom. The molecule has 0 aliphatic heterocycles. The fourth-order valence-electron chi connectivity index (χ4n) is 2.03. The van der Waals surface area contributed by atoms with E-state index in [1.165, 1.54) is 6.07 Å². The lowest BCUT2D eigenvalue weighted by molar-refractivity contribution is 0.209. The second kappa shape index (κ2) is 4.65. The molecule has 6 heteroatoms. The lowest BCUT2D eigenvalue weighted by atomic mass is 10.0. The number of nitrogens with one attached hydrogen (secondary N) is 2. The van der Waals surface area contributed by atoms with Crippen LogP contribution in [-0.4, -0.2) is 21.2 Å². The number of carboxylic acid groups (broad SMARTS) is 1. The van der Waals surface area contributed by atoms with E-state index in [-0.39, 0.29) is 11.8 Å². The molecule has 1 amide bonds. The Hall–Kier alpha value is -2.89. The van der Waals surface area contributed by atoms with Crippen molar-refractivity contribution < 1.29 is 14.3 Å². The molecule has 0 saturated carbocycles. The van der Waals surface area contributed by atoms with Gasteiger partial charge in [0, 0.05) is 5.56 Å². The second-order valence-electron chi connectivity index (χ2n) is 4.23. The largest absolute Gasteiger partial charge is 0.465 e. The third-order valence-electron chi connectivity index (χ3n) is 2.89. The van der Waals surface area contributed by atoms with Crippen LogP contribution in [0, 0.1) is 5.82 Å². The molecule has 5 nitrogen and oxygen atoms in total. The Kier molecular flexibility index (Phi) is 2.83. The van der Waals surface area contributed by atoms with E-state index >= 15 is 0 Å². The van der Waals surface area contributed by atoms with E-state index in [1.54, 1.807) is 36.4 Å². The summed E-state index contributed by atoms with van der Waals surface area (Å²) in [6.45, 7) is 0. The molecule has 3 N–H and O–H groups in total. The van der Waals surface area contributed by atoms with Crippen LogP contribution >= 0.6 is 0 Å². The standard InChI is InChI=1S/C14H10FN3O2/c15-10-4-2-1-3-9(10)8-5-6-11-12(7-8)17-13(16-11)18-14(19)20/h1-7H,(H,19,20)(H2,16,17,18). The van der Waals surface area contributed by atoms with E-state index in [2.05, 4.69) is 15.3 Å². The number of aromatic amines is 1. The summed E-state index contributed by atoms with van der Waals surface area (Å²) in [6.07, 6.45) is -1.20. The predicted octanol–water partition coefficient (Wildman–Crippen LogP) is 3.46. The molecule has 3 aromatic rings. The number of hydrogen-bond donors (Lipinski definition) is 3. The van der Waals surface area contributed by atoms with E-state index in [0.717, 1.165) is 0 Å². The van der Waals surface area contributed by atoms with Gasteiger partial charge < -0.3 is 10.1 Å². The molecule has 0 atom stereocenters. The second-order valence-corrected chi connectivity index (χ2v) is 4.23. The molecule has 0 spiro atoms. The minimum atomic E-state index is -1.20. The molecule has 100 valence electrons. The first-order valence-corrected chi connectivity index (χ1v) is 5.88. The highest BCUT2D eigenvalue weighted by Crippen LogP contribution is 2.26. The molecule has 3 rings (SSSR count). The van der Waals surface area contributed by atoms with Crippen LogP contribution < -0.4 is 5.32 Å². The number of aromatic nitrogens is 2. The summed E-state index contributed by atoms with van der Waals surface area (Å²) >= 11 is 0. The minimum absolute atomic E-state index is 0.137. The first-order chi connectivity index (χ1) is 9.63. The maximum atomic E-state index is 13.7. The van der Waals surface area contributed by atoms with Gasteiger partial charge in [0.1, 0.15) is 5.82 Å². The SMILES string of the molecule is O=C(O)Nc1nc2ccc(-c3ccccc3F)cc2[nH]1. The van der Waals surface area contributed by atoms with Gasteiger partial charge in [0.2, 0.25) is 5.95 Å². The van der Waals surface area contributed by atoms with Crippen LogP contribution in [0.15, 0.2) is 42.5 Å². The molecule has 0 unspecified atom stereocenters. The highest BCUT2D eigenvalue weighted by molar-refractivity contribution is 5.87. The van der Waals surface area contributed by atoms with E-state index < -0.39 is 6.09 Å². The molecule has 1 aromatic heterocycles. The van der Waals surface area contributed by atoms with Crippen LogP contribution in [0.1, 0.15) is 0 Å². The normalized spacial score (nSPS) is 10.7. The van der Waals surface area contributed by atoms with Gasteiger partial charge in [0.15, 0.2) is 0 Å². The number of nitrogens with zero attached hydrogens (tertiary/aromatic N) is 1. The molecule has 0 saturated heterocycles. The Balaban J connectivity index is 2.07. The highest BCUT2D eigenvalue weighted by Gasteiger charge is 2.08. The van der Waals surface area contributed by atoms with E-state index in [1.807, 2.05) is 0 Å². The Morgan fingerprint density at radius 2 is 2.05 bits per heavy atom. The van der Waals surface area contributed by atoms with Gasteiger partial charge in [0.25, 0.3) is 0 Å². The molecule has 1 heterocycles. The van der Waals surface area contributed by atoms with Crippen molar-refractivity contribution in [2.45, 2.75) is 0 Å². The van der Waals surface area contributed by atoms with Gasteiger partial charge in [-0.3, -0.25) is 5.32 Å². The van der Waals surface area contributed by atoms with Crippen molar-refractivity contribution in [2.24, 2.45) is 0 Å². The zero-order valence-corrected chi connectivity index (χ0v) is 10.2. The van der Waals surface area contributed by atoms with Crippen LogP contribution in [0.3, 0.4) is 0 Å². The zero-order valence-electron chi connectivity index (χ0n) is 10.2. The number of imidazole rings is 1. The van der Waals surface area contributed by atoms with Crippen molar-refractivity contribution in [3.63, 3.8) is 0 Å². The molecule has 20 heavy (non-hydrogen) atoms. The number of halogens is 1. The number of anilines is 1. The number of carbonyl (C=O) groups is 1. The van der Waals surface area contributed by atoms with Crippen molar-refractivity contribution in [3.05, 3.63) is 48.3 Å². The zero-order chi connectivity index (χ0) is 14.1. The average Bonchev–Trinajstić information content (AvgIpc) is 2.79. The molecular formula is C14H10FN3O2. The quantitative estimate of drug-likeness (QED) is 0.668. The van der Waals surface area contributed by atoms with Crippen LogP contribution in [-0.2, 0) is 0 Å². The average molecular weight is 271 g/mol. The number of benzene rings is 2. The van der Waals surface area contributed by atoms with Crippen molar-refractivity contribution in [1.29, 1.82) is 0 Å². The molecule has 0 radical (unpaired) electrons. The molecule has 0 fully saturated rings. The lowest BCUT2D eigenvalue weighted by Gasteiger charge is -2.02. The van der Waals surface area contributed by atoms with Crippen LogP contribution in [0.2, 0.25) is 0 Å². The van der Waals surface area contributed by atoms with Crippen LogP contribution in [0.4, 0.5) is 15.1 Å². The summed E-state index contributed by atoms with van der Waals surface area (Å²) in [6, 6.07) is 11.6. The topological polar surface area (TPSA) is 78.0 Å². The van der Waals surface area contributed by atoms with E-state index in [9.17, 15) is 9.18 Å². The maximum Gasteiger partial charge on any atom is 0.411 e. The number of H-pyrrole nitrogens is 1. The molecule has 0 bridgehead atoms. The molecule has 2 aromatic carbocycles.